The van der Waals surface area contributed by atoms with Crippen molar-refractivity contribution in [3.05, 3.63) is 57.8 Å². The van der Waals surface area contributed by atoms with Crippen LogP contribution in [0.2, 0.25) is 0 Å². The largest absolute Gasteiger partial charge is 0.149 e. The second-order valence-corrected chi connectivity index (χ2v) is 6.35. The van der Waals surface area contributed by atoms with Crippen LogP contribution in [0.4, 0.5) is 0 Å². The lowest BCUT2D eigenvalue weighted by Crippen LogP contribution is -2.05. The molecule has 1 aromatic heterocycles. The van der Waals surface area contributed by atoms with E-state index in [1.54, 1.807) is 0 Å². The quantitative estimate of drug-likeness (QED) is 0.635. The van der Waals surface area contributed by atoms with Gasteiger partial charge in [-0.25, -0.2) is 0 Å². The minimum Gasteiger partial charge on any atom is -0.149 e. The summed E-state index contributed by atoms with van der Waals surface area (Å²) in [7, 11) is 0. The Morgan fingerprint density at radius 1 is 1.17 bits per heavy atom. The smallest absolute Gasteiger partial charge is 0.0376 e. The highest BCUT2D eigenvalue weighted by atomic mass is 35.5. The Labute approximate surface area is 119 Å². The average Bonchev–Trinajstić information content (AvgIpc) is 2.85. The Hall–Kier alpha value is -0.790. The lowest BCUT2D eigenvalue weighted by molar-refractivity contribution is 0.688. The van der Waals surface area contributed by atoms with Gasteiger partial charge in [-0.3, -0.25) is 0 Å². The minimum absolute atomic E-state index is 0.256. The van der Waals surface area contributed by atoms with Crippen LogP contribution in [0.15, 0.2) is 41.8 Å². The lowest BCUT2D eigenvalue weighted by atomic mass is 10.0. The van der Waals surface area contributed by atoms with Gasteiger partial charge in [0, 0.05) is 10.3 Å². The van der Waals surface area contributed by atoms with E-state index in [0.717, 1.165) is 19.3 Å². The van der Waals surface area contributed by atoms with Gasteiger partial charge in [0.1, 0.15) is 0 Å². The first-order valence-electron chi connectivity index (χ1n) is 6.46. The normalized spacial score (nSPS) is 12.6. The first-order valence-corrected chi connectivity index (χ1v) is 7.78. The van der Waals surface area contributed by atoms with Crippen molar-refractivity contribution in [1.82, 2.24) is 0 Å². The molecule has 0 spiro atoms. The van der Waals surface area contributed by atoms with E-state index in [4.69, 9.17) is 11.6 Å². The van der Waals surface area contributed by atoms with Crippen molar-refractivity contribution in [3.8, 4) is 0 Å². The van der Waals surface area contributed by atoms with Crippen LogP contribution < -0.4 is 0 Å². The molecular weight excluding hydrogens is 260 g/mol. The summed E-state index contributed by atoms with van der Waals surface area (Å²) < 4.78 is 0. The lowest BCUT2D eigenvalue weighted by Gasteiger charge is -2.11. The van der Waals surface area contributed by atoms with E-state index in [1.165, 1.54) is 22.4 Å². The topological polar surface area (TPSA) is 0 Å². The predicted octanol–water partition coefficient (Wildman–Crippen LogP) is 5.23. The van der Waals surface area contributed by atoms with Gasteiger partial charge in [0.05, 0.1) is 0 Å². The molecule has 1 heterocycles. The Morgan fingerprint density at radius 3 is 2.72 bits per heavy atom. The zero-order valence-corrected chi connectivity index (χ0v) is 12.3. The van der Waals surface area contributed by atoms with Crippen molar-refractivity contribution in [1.29, 1.82) is 0 Å². The molecule has 1 aromatic carbocycles. The summed E-state index contributed by atoms with van der Waals surface area (Å²) in [5, 5.41) is 2.40. The summed E-state index contributed by atoms with van der Waals surface area (Å²) in [6.07, 6.45) is 4.42. The van der Waals surface area contributed by atoms with Crippen molar-refractivity contribution < 1.29 is 0 Å². The zero-order chi connectivity index (χ0) is 12.8. The fourth-order valence-electron chi connectivity index (χ4n) is 2.13. The van der Waals surface area contributed by atoms with Gasteiger partial charge in [-0.2, -0.15) is 0 Å². The Kier molecular flexibility index (Phi) is 5.27. The van der Waals surface area contributed by atoms with Gasteiger partial charge in [0.25, 0.3) is 0 Å². The third kappa shape index (κ3) is 4.15. The van der Waals surface area contributed by atoms with Crippen LogP contribution in [0.1, 0.15) is 28.8 Å². The molecule has 0 aliphatic carbocycles. The molecule has 0 saturated carbocycles. The molecule has 0 saturated heterocycles. The average molecular weight is 279 g/mol. The fraction of sp³-hybridized carbons (Fsp3) is 0.375. The molecule has 2 aromatic rings. The SMILES string of the molecule is Cc1ccccc1CC(Cl)CCCc1cccs1. The molecule has 1 unspecified atom stereocenters. The Morgan fingerprint density at radius 2 is 2.00 bits per heavy atom. The van der Waals surface area contributed by atoms with Crippen LogP contribution in [-0.2, 0) is 12.8 Å². The second-order valence-electron chi connectivity index (χ2n) is 4.70. The first-order chi connectivity index (χ1) is 8.75. The van der Waals surface area contributed by atoms with Gasteiger partial charge < -0.3 is 0 Å². The highest BCUT2D eigenvalue weighted by Gasteiger charge is 2.07. The third-order valence-corrected chi connectivity index (χ3v) is 4.53. The van der Waals surface area contributed by atoms with Crippen LogP contribution >= 0.6 is 22.9 Å². The maximum Gasteiger partial charge on any atom is 0.0376 e. The van der Waals surface area contributed by atoms with Crippen molar-refractivity contribution in [3.63, 3.8) is 0 Å². The first kappa shape index (κ1) is 13.6. The van der Waals surface area contributed by atoms with E-state index in [0.29, 0.717) is 0 Å². The maximum absolute atomic E-state index is 6.43. The highest BCUT2D eigenvalue weighted by molar-refractivity contribution is 7.09. The van der Waals surface area contributed by atoms with Crippen LogP contribution in [0.5, 0.6) is 0 Å². The molecule has 0 radical (unpaired) electrons. The van der Waals surface area contributed by atoms with Gasteiger partial charge >= 0.3 is 0 Å². The highest BCUT2D eigenvalue weighted by Crippen LogP contribution is 2.18. The molecule has 0 N–H and O–H groups in total. The van der Waals surface area contributed by atoms with E-state index in [9.17, 15) is 0 Å². The summed E-state index contributed by atoms with van der Waals surface area (Å²) in [5.74, 6) is 0. The Balaban J connectivity index is 1.75. The summed E-state index contributed by atoms with van der Waals surface area (Å²) in [5.41, 5.74) is 2.73. The number of rotatable bonds is 6. The van der Waals surface area contributed by atoms with Gasteiger partial charge in [-0.1, -0.05) is 30.3 Å². The van der Waals surface area contributed by atoms with Crippen molar-refractivity contribution in [2.24, 2.45) is 0 Å². The molecule has 2 rings (SSSR count). The van der Waals surface area contributed by atoms with Gasteiger partial charge in [0.15, 0.2) is 0 Å². The molecule has 0 aliphatic rings. The van der Waals surface area contributed by atoms with Gasteiger partial charge in [-0.15, -0.1) is 22.9 Å². The predicted molar refractivity (Wildman–Crippen MR) is 81.8 cm³/mol. The van der Waals surface area contributed by atoms with Crippen molar-refractivity contribution >= 4 is 22.9 Å². The van der Waals surface area contributed by atoms with E-state index in [2.05, 4.69) is 48.7 Å². The molecule has 0 fully saturated rings. The summed E-state index contributed by atoms with van der Waals surface area (Å²) in [6, 6.07) is 12.8. The monoisotopic (exact) mass is 278 g/mol. The zero-order valence-electron chi connectivity index (χ0n) is 10.7. The Bertz CT molecular complexity index is 462. The van der Waals surface area contributed by atoms with E-state index in [1.807, 2.05) is 11.3 Å². The molecule has 0 aliphatic heterocycles. The number of hydrogen-bond acceptors (Lipinski definition) is 1. The maximum atomic E-state index is 6.43. The summed E-state index contributed by atoms with van der Waals surface area (Å²) in [4.78, 5) is 1.47. The van der Waals surface area contributed by atoms with Gasteiger partial charge in [-0.05, 0) is 55.2 Å². The van der Waals surface area contributed by atoms with E-state index < -0.39 is 0 Å². The van der Waals surface area contributed by atoms with E-state index >= 15 is 0 Å². The molecule has 96 valence electrons. The molecule has 1 atom stereocenters. The van der Waals surface area contributed by atoms with E-state index in [-0.39, 0.29) is 5.38 Å². The van der Waals surface area contributed by atoms with Crippen LogP contribution in [0.3, 0.4) is 0 Å². The van der Waals surface area contributed by atoms with Crippen LogP contribution in [0, 0.1) is 6.92 Å². The van der Waals surface area contributed by atoms with Crippen molar-refractivity contribution in [2.75, 3.05) is 0 Å². The van der Waals surface area contributed by atoms with Crippen molar-refractivity contribution in [2.45, 2.75) is 38.0 Å². The van der Waals surface area contributed by atoms with Gasteiger partial charge in [0.2, 0.25) is 0 Å². The fourth-order valence-corrected chi connectivity index (χ4v) is 3.20. The number of benzene rings is 1. The number of aryl methyl sites for hydroxylation is 2. The molecule has 0 amide bonds. The van der Waals surface area contributed by atoms with Crippen LogP contribution in [-0.4, -0.2) is 5.38 Å². The number of halogens is 1. The summed E-state index contributed by atoms with van der Waals surface area (Å²) >= 11 is 8.27. The molecule has 0 nitrogen and oxygen atoms in total. The molecule has 18 heavy (non-hydrogen) atoms. The minimum atomic E-state index is 0.256. The number of alkyl halides is 1. The standard InChI is InChI=1S/C16H19ClS/c1-13-6-2-3-7-14(13)12-15(17)8-4-9-16-10-5-11-18-16/h2-3,5-7,10-11,15H,4,8-9,12H2,1H3. The second kappa shape index (κ2) is 6.96. The number of hydrogen-bond donors (Lipinski definition) is 0. The van der Waals surface area contributed by atoms with Crippen LogP contribution in [0.25, 0.3) is 0 Å². The molecule has 2 heteroatoms. The molecular formula is C16H19ClS. The molecule has 0 bridgehead atoms. The third-order valence-electron chi connectivity index (χ3n) is 3.22. The summed E-state index contributed by atoms with van der Waals surface area (Å²) in [6.45, 7) is 2.16. The number of thiophene rings is 1.